The third-order valence-electron chi connectivity index (χ3n) is 5.01. The number of methoxy groups -OCH3 is 2. The van der Waals surface area contributed by atoms with Crippen LogP contribution in [0.15, 0.2) is 12.1 Å². The maximum atomic E-state index is 5.68. The summed E-state index contributed by atoms with van der Waals surface area (Å²) in [6, 6.07) is 4.77. The number of hydrogen-bond donors (Lipinski definition) is 3. The normalized spacial score (nSPS) is 28.8. The van der Waals surface area contributed by atoms with Crippen molar-refractivity contribution >= 4 is 0 Å². The second kappa shape index (κ2) is 6.22. The molecule has 2 heterocycles. The highest BCUT2D eigenvalue weighted by Crippen LogP contribution is 2.33. The van der Waals surface area contributed by atoms with Gasteiger partial charge < -0.3 is 24.6 Å². The van der Waals surface area contributed by atoms with E-state index in [4.69, 9.17) is 9.47 Å². The molecule has 0 unspecified atom stereocenters. The van der Waals surface area contributed by atoms with Crippen LogP contribution in [-0.2, 0) is 6.54 Å². The van der Waals surface area contributed by atoms with E-state index in [1.54, 1.807) is 24.0 Å². The smallest absolute Gasteiger partial charge is 0.167 e. The Labute approximate surface area is 126 Å². The maximum Gasteiger partial charge on any atom is 0.167 e. The third kappa shape index (κ3) is 2.86. The number of ether oxygens (including phenoxy) is 2. The summed E-state index contributed by atoms with van der Waals surface area (Å²) in [6.45, 7) is 7.21. The average molecular weight is 294 g/mol. The van der Waals surface area contributed by atoms with Crippen LogP contribution < -0.4 is 24.6 Å². The van der Waals surface area contributed by atoms with Crippen LogP contribution in [-0.4, -0.2) is 54.0 Å². The Morgan fingerprint density at radius 2 is 1.86 bits per heavy atom. The zero-order chi connectivity index (χ0) is 14.8. The van der Waals surface area contributed by atoms with Gasteiger partial charge in [-0.25, -0.2) is 0 Å². The lowest BCUT2D eigenvalue weighted by Gasteiger charge is -2.35. The van der Waals surface area contributed by atoms with Crippen LogP contribution in [0.3, 0.4) is 0 Å². The zero-order valence-electron chi connectivity index (χ0n) is 13.4. The minimum atomic E-state index is 0.544. The van der Waals surface area contributed by atoms with Gasteiger partial charge in [0, 0.05) is 11.6 Å². The van der Waals surface area contributed by atoms with Gasteiger partial charge in [-0.2, -0.15) is 0 Å². The van der Waals surface area contributed by atoms with Gasteiger partial charge in [0.25, 0.3) is 0 Å². The number of benzene rings is 1. The fourth-order valence-electron chi connectivity index (χ4n) is 3.75. The molecule has 0 aromatic heterocycles. The van der Waals surface area contributed by atoms with E-state index in [9.17, 15) is 0 Å². The van der Waals surface area contributed by atoms with Gasteiger partial charge in [0.05, 0.1) is 26.8 Å². The first-order valence-corrected chi connectivity index (χ1v) is 7.95. The minimum absolute atomic E-state index is 0.544. The van der Waals surface area contributed by atoms with E-state index in [0.29, 0.717) is 6.04 Å². The molecule has 3 rings (SSSR count). The Morgan fingerprint density at radius 3 is 2.52 bits per heavy atom. The Hall–Kier alpha value is -1.30. The number of nitrogens with two attached hydrogens (primary N) is 1. The van der Waals surface area contributed by atoms with Gasteiger partial charge in [0.15, 0.2) is 6.04 Å². The molecule has 1 aromatic carbocycles. The third-order valence-corrected chi connectivity index (χ3v) is 5.01. The summed E-state index contributed by atoms with van der Waals surface area (Å²) in [5, 5.41) is 2.42. The van der Waals surface area contributed by atoms with E-state index >= 15 is 0 Å². The molecule has 0 radical (unpaired) electrons. The summed E-state index contributed by atoms with van der Waals surface area (Å²) >= 11 is 0. The second-order valence-electron chi connectivity index (χ2n) is 6.30. The molecule has 5 heteroatoms. The molecule has 0 aliphatic carbocycles. The first-order chi connectivity index (χ1) is 10.2. The van der Waals surface area contributed by atoms with Crippen LogP contribution in [0.5, 0.6) is 11.5 Å². The van der Waals surface area contributed by atoms with Gasteiger partial charge in [-0.15, -0.1) is 0 Å². The number of fused-ring (bicyclic) bond motifs is 1. The molecule has 0 spiro atoms. The van der Waals surface area contributed by atoms with E-state index < -0.39 is 0 Å². The van der Waals surface area contributed by atoms with Gasteiger partial charge in [-0.05, 0) is 6.07 Å². The fraction of sp³-hybridized carbons (Fsp3) is 0.625. The number of piperazine rings is 1. The summed E-state index contributed by atoms with van der Waals surface area (Å²) in [5.74, 6) is 1.90. The maximum absolute atomic E-state index is 5.68. The van der Waals surface area contributed by atoms with Gasteiger partial charge in [-0.1, -0.05) is 0 Å². The predicted molar refractivity (Wildman–Crippen MR) is 80.1 cm³/mol. The molecule has 1 fully saturated rings. The SMILES string of the molecule is COc1cc2c(c(OC)c1)[C@@H]([NH+]1CC[NH+](C)CC1)C[NH2+]C2. The van der Waals surface area contributed by atoms with Crippen LogP contribution in [0.2, 0.25) is 0 Å². The highest BCUT2D eigenvalue weighted by atomic mass is 16.5. The van der Waals surface area contributed by atoms with Crippen molar-refractivity contribution in [3.8, 4) is 11.5 Å². The molecule has 0 bridgehead atoms. The van der Waals surface area contributed by atoms with Gasteiger partial charge >= 0.3 is 0 Å². The van der Waals surface area contributed by atoms with E-state index in [1.807, 2.05) is 6.07 Å². The predicted octanol–water partition coefficient (Wildman–Crippen LogP) is -2.76. The highest BCUT2D eigenvalue weighted by molar-refractivity contribution is 5.48. The summed E-state index contributed by atoms with van der Waals surface area (Å²) in [7, 11) is 5.79. The lowest BCUT2D eigenvalue weighted by atomic mass is 9.93. The molecule has 4 N–H and O–H groups in total. The number of likely N-dealkylation sites (N-methyl/N-ethyl adjacent to an activating group) is 1. The molecule has 0 amide bonds. The van der Waals surface area contributed by atoms with Crippen LogP contribution in [0, 0.1) is 0 Å². The van der Waals surface area contributed by atoms with E-state index in [1.165, 1.54) is 37.3 Å². The fourth-order valence-corrected chi connectivity index (χ4v) is 3.75. The number of nitrogens with one attached hydrogen (secondary N) is 2. The molecule has 1 aromatic rings. The second-order valence-corrected chi connectivity index (χ2v) is 6.30. The largest absolute Gasteiger partial charge is 0.497 e. The van der Waals surface area contributed by atoms with Crippen molar-refractivity contribution in [2.24, 2.45) is 0 Å². The van der Waals surface area contributed by atoms with E-state index in [2.05, 4.69) is 18.4 Å². The molecular weight excluding hydrogens is 266 g/mol. The molecular formula is C16H28N3O2+3. The van der Waals surface area contributed by atoms with Crippen molar-refractivity contribution in [2.45, 2.75) is 12.6 Å². The average Bonchev–Trinajstić information content (AvgIpc) is 2.54. The monoisotopic (exact) mass is 294 g/mol. The zero-order valence-corrected chi connectivity index (χ0v) is 13.4. The Morgan fingerprint density at radius 1 is 1.10 bits per heavy atom. The van der Waals surface area contributed by atoms with Crippen molar-refractivity contribution in [1.29, 1.82) is 0 Å². The lowest BCUT2D eigenvalue weighted by Crippen LogP contribution is -3.28. The first-order valence-electron chi connectivity index (χ1n) is 7.95. The molecule has 21 heavy (non-hydrogen) atoms. The molecule has 5 nitrogen and oxygen atoms in total. The van der Waals surface area contributed by atoms with Gasteiger partial charge in [0.1, 0.15) is 50.8 Å². The Balaban J connectivity index is 1.93. The van der Waals surface area contributed by atoms with Gasteiger partial charge in [0.2, 0.25) is 0 Å². The van der Waals surface area contributed by atoms with Crippen LogP contribution in [0.25, 0.3) is 0 Å². The van der Waals surface area contributed by atoms with Crippen molar-refractivity contribution in [3.63, 3.8) is 0 Å². The van der Waals surface area contributed by atoms with E-state index in [0.717, 1.165) is 24.6 Å². The molecule has 2 aliphatic heterocycles. The minimum Gasteiger partial charge on any atom is -0.497 e. The van der Waals surface area contributed by atoms with Crippen molar-refractivity contribution in [2.75, 3.05) is 54.0 Å². The van der Waals surface area contributed by atoms with Crippen molar-refractivity contribution < 1.29 is 24.6 Å². The lowest BCUT2D eigenvalue weighted by molar-refractivity contribution is -1.03. The standard InChI is InChI=1S/C16H25N3O2/c1-18-4-6-19(7-5-18)14-11-17-10-12-8-13(20-2)9-15(21-3)16(12)14/h8-9,14,17H,4-7,10-11H2,1-3H3/p+3/t14-/m0/s1. The summed E-state index contributed by atoms with van der Waals surface area (Å²) in [6.07, 6.45) is 0. The summed E-state index contributed by atoms with van der Waals surface area (Å²) in [4.78, 5) is 3.36. The quantitative estimate of drug-likeness (QED) is 0.565. The van der Waals surface area contributed by atoms with Crippen LogP contribution in [0.1, 0.15) is 17.2 Å². The summed E-state index contributed by atoms with van der Waals surface area (Å²) in [5.41, 5.74) is 2.79. The van der Waals surface area contributed by atoms with E-state index in [-0.39, 0.29) is 0 Å². The molecule has 2 aliphatic rings. The van der Waals surface area contributed by atoms with Gasteiger partial charge in [-0.3, -0.25) is 0 Å². The first kappa shape index (κ1) is 14.6. The molecule has 1 saturated heterocycles. The van der Waals surface area contributed by atoms with Crippen LogP contribution in [0.4, 0.5) is 0 Å². The molecule has 116 valence electrons. The van der Waals surface area contributed by atoms with Crippen LogP contribution >= 0.6 is 0 Å². The number of rotatable bonds is 3. The highest BCUT2D eigenvalue weighted by Gasteiger charge is 2.37. The van der Waals surface area contributed by atoms with Crippen molar-refractivity contribution in [3.05, 3.63) is 23.3 Å². The summed E-state index contributed by atoms with van der Waals surface area (Å²) < 4.78 is 11.1. The molecule has 1 atom stereocenters. The molecule has 0 saturated carbocycles. The topological polar surface area (TPSA) is 44.0 Å². The number of quaternary nitrogens is 3. The Kier molecular flexibility index (Phi) is 4.33. The van der Waals surface area contributed by atoms with Crippen molar-refractivity contribution in [1.82, 2.24) is 0 Å². The Bertz CT molecular complexity index is 481. The number of hydrogen-bond acceptors (Lipinski definition) is 2.